The van der Waals surface area contributed by atoms with E-state index < -0.39 is 37.7 Å². The molecule has 10 rings (SSSR count). The maximum Gasteiger partial charge on any atom is 0 e. The number of fused-ring (bicyclic) bond motifs is 8. The number of pyridine rings is 1. The van der Waals surface area contributed by atoms with Crippen molar-refractivity contribution in [2.75, 3.05) is 0 Å². The zero-order chi connectivity index (χ0) is 50.2. The normalized spacial score (nSPS) is 13.7. The van der Waals surface area contributed by atoms with Crippen molar-refractivity contribution >= 4 is 72.2 Å². The molecule has 4 nitrogen and oxygen atoms in total. The SMILES string of the molecule is CC(C)c1cccc(C(C)C)c1-n1c(-c2[c-]ccc3c2oc2c3ccc3c4ccccc4ccc32)nc2ccccc21.[2H]C([2H])([2H])c1c[c-]c(-c2cc(C([2H])([2H])C(C)(C)C)[c]([Ge]([CH3])([CH3])[CH3])cn2)c(F)c1.[Ir]. The standard InChI is InChI=1S/C39H31N2O.C20H27FGeN.Ir/c1-23(2)26-13-9-14-27(24(3)4)36(26)41-35-18-8-7-17-34(35)40-39(41)33-16-10-15-30-32-22-21-29-28-12-6-5-11-25(28)19-20-31(29)37(32)42-38(30)33;1-14-8-9-16(17(21)10-14)19-11-15(12-20(2,3)4)18(13-23-19)22(5,6)7;/h5-15,17-24H,1-4H3;8,10-11,13H,12H2,1-7H3;/q2*-1;/i;1D3,12D2;. The van der Waals surface area contributed by atoms with Crippen LogP contribution >= 0.6 is 0 Å². The molecule has 0 saturated carbocycles. The molecule has 1 radical (unpaired) electrons. The Hall–Kier alpha value is -5.40. The molecule has 0 unspecified atom stereocenters. The van der Waals surface area contributed by atoms with E-state index in [0.717, 1.165) is 60.2 Å². The van der Waals surface area contributed by atoms with E-state index >= 15 is 0 Å². The average Bonchev–Trinajstić information content (AvgIpc) is 3.89. The molecular weight excluding hydrogens is 1050 g/mol. The molecule has 10 aromatic rings. The number of nitrogens with zero attached hydrogens (tertiary/aromatic N) is 3. The van der Waals surface area contributed by atoms with Crippen LogP contribution in [-0.4, -0.2) is 27.8 Å². The van der Waals surface area contributed by atoms with Crippen LogP contribution in [0.3, 0.4) is 0 Å². The molecule has 0 bridgehead atoms. The van der Waals surface area contributed by atoms with Crippen molar-refractivity contribution in [1.82, 2.24) is 14.5 Å². The summed E-state index contributed by atoms with van der Waals surface area (Å²) in [7, 11) is 0. The molecule has 7 aromatic carbocycles. The minimum atomic E-state index is -2.47. The van der Waals surface area contributed by atoms with E-state index in [-0.39, 0.29) is 36.9 Å². The van der Waals surface area contributed by atoms with Crippen LogP contribution in [0.2, 0.25) is 17.3 Å². The zero-order valence-electron chi connectivity index (χ0n) is 44.2. The number of aromatic nitrogens is 3. The summed E-state index contributed by atoms with van der Waals surface area (Å²) in [6.07, 6.45) is 0.0207. The van der Waals surface area contributed by atoms with E-state index in [9.17, 15) is 4.39 Å². The summed E-state index contributed by atoms with van der Waals surface area (Å²) in [6.45, 7) is 12.2. The van der Waals surface area contributed by atoms with Crippen molar-refractivity contribution in [1.29, 1.82) is 0 Å². The third-order valence-electron chi connectivity index (χ3n) is 12.0. The monoisotopic (exact) mass is 1120 g/mol. The number of furan rings is 1. The second-order valence-corrected chi connectivity index (χ2v) is 30.3. The van der Waals surface area contributed by atoms with Crippen LogP contribution in [-0.2, 0) is 26.5 Å². The molecular formula is C59H58FGeIrN3O-2. The fourth-order valence-electron chi connectivity index (χ4n) is 9.01. The van der Waals surface area contributed by atoms with Crippen molar-refractivity contribution in [2.24, 2.45) is 5.41 Å². The summed E-state index contributed by atoms with van der Waals surface area (Å²) < 4.78 is 64.6. The van der Waals surface area contributed by atoms with Gasteiger partial charge in [-0.15, -0.1) is 18.2 Å². The van der Waals surface area contributed by atoms with Gasteiger partial charge in [0.1, 0.15) is 5.58 Å². The molecule has 0 amide bonds. The van der Waals surface area contributed by atoms with Gasteiger partial charge in [0, 0.05) is 36.6 Å². The molecule has 0 aliphatic carbocycles. The minimum Gasteiger partial charge on any atom is 0 e. The summed E-state index contributed by atoms with van der Waals surface area (Å²) in [5.41, 5.74) is 8.51. The average molecular weight is 1110 g/mol. The third kappa shape index (κ3) is 8.92. The number of benzene rings is 7. The van der Waals surface area contributed by atoms with Crippen molar-refractivity contribution in [3.8, 4) is 28.3 Å². The zero-order valence-corrected chi connectivity index (χ0v) is 43.7. The van der Waals surface area contributed by atoms with Crippen LogP contribution in [0.5, 0.6) is 0 Å². The molecule has 0 spiro atoms. The molecule has 0 N–H and O–H groups in total. The Kier molecular flexibility index (Phi) is 11.4. The van der Waals surface area contributed by atoms with E-state index in [1.165, 1.54) is 39.0 Å². The Morgan fingerprint density at radius 2 is 1.42 bits per heavy atom. The Balaban J connectivity index is 0.000000205. The summed E-state index contributed by atoms with van der Waals surface area (Å²) in [6, 6.07) is 46.7. The van der Waals surface area contributed by atoms with Gasteiger partial charge in [-0.25, -0.2) is 0 Å². The first-order valence-electron chi connectivity index (χ1n) is 25.0. The van der Waals surface area contributed by atoms with Gasteiger partial charge in [0.15, 0.2) is 0 Å². The van der Waals surface area contributed by atoms with Gasteiger partial charge >= 0.3 is 149 Å². The molecule has 0 aliphatic heterocycles. The molecule has 0 fully saturated rings. The molecule has 7 heteroatoms. The largest absolute Gasteiger partial charge is 0 e. The fraction of sp³-hybridized carbons (Fsp3) is 0.254. The summed E-state index contributed by atoms with van der Waals surface area (Å²) >= 11 is -2.47. The van der Waals surface area contributed by atoms with Gasteiger partial charge in [-0.2, -0.15) is 0 Å². The summed E-state index contributed by atoms with van der Waals surface area (Å²) in [4.78, 5) is 9.65. The number of imidazole rings is 1. The molecule has 0 saturated heterocycles. The minimum absolute atomic E-state index is 0. The van der Waals surface area contributed by atoms with E-state index in [1.807, 2.05) is 26.8 Å². The number of aryl methyl sites for hydroxylation is 1. The van der Waals surface area contributed by atoms with Crippen LogP contribution in [0.15, 0.2) is 132 Å². The smallest absolute Gasteiger partial charge is 0 e. The second kappa shape index (κ2) is 18.4. The summed E-state index contributed by atoms with van der Waals surface area (Å²) in [5, 5.41) is 6.97. The Morgan fingerprint density at radius 1 is 0.758 bits per heavy atom. The Labute approximate surface area is 412 Å². The van der Waals surface area contributed by atoms with Crippen molar-refractivity contribution in [2.45, 2.75) is 90.8 Å². The van der Waals surface area contributed by atoms with Crippen LogP contribution in [0.25, 0.3) is 82.8 Å². The third-order valence-corrected chi connectivity index (χ3v) is 16.3. The van der Waals surface area contributed by atoms with Crippen LogP contribution in [0.4, 0.5) is 4.39 Å². The number of halogens is 1. The molecule has 337 valence electrons. The predicted molar refractivity (Wildman–Crippen MR) is 275 cm³/mol. The molecule has 66 heavy (non-hydrogen) atoms. The first-order valence-corrected chi connectivity index (χ1v) is 29.8. The van der Waals surface area contributed by atoms with Gasteiger partial charge in [0.05, 0.1) is 22.4 Å². The van der Waals surface area contributed by atoms with Crippen molar-refractivity contribution in [3.05, 3.63) is 168 Å². The maximum absolute atomic E-state index is 14.7. The van der Waals surface area contributed by atoms with Gasteiger partial charge in [0.25, 0.3) is 0 Å². The first kappa shape index (κ1) is 40.8. The van der Waals surface area contributed by atoms with Crippen LogP contribution in [0.1, 0.15) is 89.4 Å². The van der Waals surface area contributed by atoms with E-state index in [4.69, 9.17) is 16.3 Å². The van der Waals surface area contributed by atoms with E-state index in [0.29, 0.717) is 17.4 Å². The molecule has 3 heterocycles. The van der Waals surface area contributed by atoms with E-state index in [1.54, 1.807) is 12.3 Å². The van der Waals surface area contributed by atoms with Gasteiger partial charge < -0.3 is 8.98 Å². The maximum atomic E-state index is 14.7. The molecule has 0 aliphatic rings. The fourth-order valence-corrected chi connectivity index (χ4v) is 11.9. The topological polar surface area (TPSA) is 43.9 Å². The van der Waals surface area contributed by atoms with Crippen molar-refractivity contribution in [3.63, 3.8) is 0 Å². The van der Waals surface area contributed by atoms with Crippen molar-refractivity contribution < 1.29 is 35.8 Å². The number of para-hydroxylation sites is 3. The van der Waals surface area contributed by atoms with E-state index in [2.05, 4.69) is 164 Å². The number of hydrogen-bond donors (Lipinski definition) is 0. The first-order chi connectivity index (χ1) is 33.0. The number of rotatable bonds is 7. The Bertz CT molecular complexity index is 3610. The summed E-state index contributed by atoms with van der Waals surface area (Å²) in [5.74, 6) is 7.31. The van der Waals surface area contributed by atoms with Crippen LogP contribution < -0.4 is 4.40 Å². The quantitative estimate of drug-likeness (QED) is 0.0907. The van der Waals surface area contributed by atoms with Gasteiger partial charge in [-0.3, -0.25) is 4.98 Å². The van der Waals surface area contributed by atoms with Gasteiger partial charge in [-0.05, 0) is 51.3 Å². The molecule has 0 atom stereocenters. The predicted octanol–water partition coefficient (Wildman–Crippen LogP) is 16.1. The van der Waals surface area contributed by atoms with Gasteiger partial charge in [-0.1, -0.05) is 118 Å². The molecule has 3 aromatic heterocycles. The van der Waals surface area contributed by atoms with Gasteiger partial charge in [0.2, 0.25) is 0 Å². The van der Waals surface area contributed by atoms with Crippen LogP contribution in [0, 0.1) is 30.2 Å². The second-order valence-electron chi connectivity index (χ2n) is 19.7. The number of hydrogen-bond acceptors (Lipinski definition) is 3. The Morgan fingerprint density at radius 3 is 2.12 bits per heavy atom.